The Labute approximate surface area is 102 Å². The highest BCUT2D eigenvalue weighted by Gasteiger charge is 2.31. The lowest BCUT2D eigenvalue weighted by molar-refractivity contribution is -0.156. The highest BCUT2D eigenvalue weighted by atomic mass is 16.4. The average molecular weight is 245 g/mol. The van der Waals surface area contributed by atoms with Crippen molar-refractivity contribution in [1.82, 2.24) is 5.32 Å². The van der Waals surface area contributed by atoms with Crippen LogP contribution in [-0.4, -0.2) is 34.2 Å². The molecule has 0 fully saturated rings. The maximum atomic E-state index is 11.8. The lowest BCUT2D eigenvalue weighted by Gasteiger charge is -2.23. The number of nitrogens with one attached hydrogen (secondary N) is 1. The van der Waals surface area contributed by atoms with Gasteiger partial charge in [0.15, 0.2) is 5.60 Å². The van der Waals surface area contributed by atoms with Crippen LogP contribution >= 0.6 is 0 Å². The maximum Gasteiger partial charge on any atom is 0.337 e. The summed E-state index contributed by atoms with van der Waals surface area (Å²) in [6.45, 7) is 6.75. The topological polar surface area (TPSA) is 86.6 Å². The lowest BCUT2D eigenvalue weighted by Crippen LogP contribution is -2.48. The molecule has 0 aliphatic carbocycles. The van der Waals surface area contributed by atoms with Crippen molar-refractivity contribution in [3.8, 4) is 0 Å². The smallest absolute Gasteiger partial charge is 0.337 e. The van der Waals surface area contributed by atoms with E-state index in [9.17, 15) is 14.7 Å². The Balaban J connectivity index is 4.32. The molecule has 0 aromatic rings. The zero-order chi connectivity index (χ0) is 13.6. The largest absolute Gasteiger partial charge is 0.479 e. The summed E-state index contributed by atoms with van der Waals surface area (Å²) in [4.78, 5) is 22.4. The molecule has 2 atom stereocenters. The first-order valence-electron chi connectivity index (χ1n) is 5.99. The van der Waals surface area contributed by atoms with E-state index in [-0.39, 0.29) is 24.3 Å². The second-order valence-corrected chi connectivity index (χ2v) is 4.66. The molecule has 5 heteroatoms. The van der Waals surface area contributed by atoms with Gasteiger partial charge in [0.25, 0.3) is 0 Å². The molecule has 0 radical (unpaired) electrons. The molecule has 3 N–H and O–H groups in total. The van der Waals surface area contributed by atoms with Gasteiger partial charge in [-0.1, -0.05) is 33.6 Å². The van der Waals surface area contributed by atoms with Crippen LogP contribution in [-0.2, 0) is 9.59 Å². The Hall–Kier alpha value is -1.10. The van der Waals surface area contributed by atoms with Crippen LogP contribution in [0, 0.1) is 11.8 Å². The minimum absolute atomic E-state index is 0.172. The summed E-state index contributed by atoms with van der Waals surface area (Å²) >= 11 is 0. The third-order valence-electron chi connectivity index (χ3n) is 3.24. The molecule has 0 saturated heterocycles. The lowest BCUT2D eigenvalue weighted by atomic mass is 9.88. The summed E-state index contributed by atoms with van der Waals surface area (Å²) in [5.41, 5.74) is -1.91. The predicted octanol–water partition coefficient (Wildman–Crippen LogP) is 1.01. The Morgan fingerprint density at radius 3 is 2.12 bits per heavy atom. The number of carbonyl (C=O) groups excluding carboxylic acids is 1. The van der Waals surface area contributed by atoms with Crippen LogP contribution in [0.3, 0.4) is 0 Å². The zero-order valence-electron chi connectivity index (χ0n) is 11.0. The van der Waals surface area contributed by atoms with Crippen molar-refractivity contribution in [2.24, 2.45) is 11.8 Å². The van der Waals surface area contributed by atoms with Gasteiger partial charge in [0.05, 0.1) is 6.54 Å². The third kappa shape index (κ3) is 4.73. The van der Waals surface area contributed by atoms with E-state index in [1.807, 2.05) is 20.8 Å². The first-order chi connectivity index (χ1) is 7.76. The SMILES string of the molecule is CCC(CC)C(C)C(=O)NCC(C)(O)C(=O)O. The van der Waals surface area contributed by atoms with Crippen LogP contribution in [0.2, 0.25) is 0 Å². The van der Waals surface area contributed by atoms with E-state index >= 15 is 0 Å². The number of rotatable bonds is 7. The molecule has 0 bridgehead atoms. The molecule has 0 aliphatic rings. The van der Waals surface area contributed by atoms with Gasteiger partial charge in [-0.05, 0) is 12.8 Å². The van der Waals surface area contributed by atoms with Crippen molar-refractivity contribution in [3.63, 3.8) is 0 Å². The number of carboxylic acid groups (broad SMARTS) is 1. The van der Waals surface area contributed by atoms with E-state index in [1.54, 1.807) is 0 Å². The molecule has 0 aliphatic heterocycles. The van der Waals surface area contributed by atoms with E-state index in [0.29, 0.717) is 0 Å². The molecule has 5 nitrogen and oxygen atoms in total. The minimum Gasteiger partial charge on any atom is -0.479 e. The highest BCUT2D eigenvalue weighted by molar-refractivity contribution is 5.81. The number of carbonyl (C=O) groups is 2. The standard InChI is InChI=1S/C12H23NO4/c1-5-9(6-2)8(3)10(14)13-7-12(4,17)11(15)16/h8-9,17H,5-7H2,1-4H3,(H,13,14)(H,15,16). The second-order valence-electron chi connectivity index (χ2n) is 4.66. The molecule has 0 saturated carbocycles. The van der Waals surface area contributed by atoms with Crippen molar-refractivity contribution in [1.29, 1.82) is 0 Å². The summed E-state index contributed by atoms with van der Waals surface area (Å²) < 4.78 is 0. The Morgan fingerprint density at radius 2 is 1.76 bits per heavy atom. The summed E-state index contributed by atoms with van der Waals surface area (Å²) in [6, 6.07) is 0. The van der Waals surface area contributed by atoms with Crippen LogP contribution in [0.5, 0.6) is 0 Å². The molecule has 2 unspecified atom stereocenters. The molecule has 0 aromatic carbocycles. The predicted molar refractivity (Wildman–Crippen MR) is 64.5 cm³/mol. The molecule has 1 amide bonds. The van der Waals surface area contributed by atoms with Gasteiger partial charge in [-0.15, -0.1) is 0 Å². The van der Waals surface area contributed by atoms with E-state index in [0.717, 1.165) is 19.8 Å². The number of aliphatic carboxylic acids is 1. The maximum absolute atomic E-state index is 11.8. The van der Waals surface area contributed by atoms with Crippen molar-refractivity contribution >= 4 is 11.9 Å². The van der Waals surface area contributed by atoms with Crippen LogP contribution in [0.4, 0.5) is 0 Å². The van der Waals surface area contributed by atoms with E-state index < -0.39 is 11.6 Å². The fourth-order valence-electron chi connectivity index (χ4n) is 1.71. The normalized spacial score (nSPS) is 16.4. The number of hydrogen-bond donors (Lipinski definition) is 3. The summed E-state index contributed by atoms with van der Waals surface area (Å²) in [7, 11) is 0. The van der Waals surface area contributed by atoms with Gasteiger partial charge < -0.3 is 15.5 Å². The van der Waals surface area contributed by atoms with Gasteiger partial charge in [0.2, 0.25) is 5.91 Å². The molecule has 0 heterocycles. The number of carboxylic acids is 1. The van der Waals surface area contributed by atoms with Crippen LogP contribution in [0.15, 0.2) is 0 Å². The molecular weight excluding hydrogens is 222 g/mol. The Morgan fingerprint density at radius 1 is 1.29 bits per heavy atom. The molecule has 17 heavy (non-hydrogen) atoms. The Kier molecular flexibility index (Phi) is 6.16. The average Bonchev–Trinajstić information content (AvgIpc) is 2.27. The highest BCUT2D eigenvalue weighted by Crippen LogP contribution is 2.19. The zero-order valence-corrected chi connectivity index (χ0v) is 11.0. The fraction of sp³-hybridized carbons (Fsp3) is 0.833. The van der Waals surface area contributed by atoms with Crippen LogP contribution < -0.4 is 5.32 Å². The Bertz CT molecular complexity index is 272. The van der Waals surface area contributed by atoms with Gasteiger partial charge in [-0.2, -0.15) is 0 Å². The third-order valence-corrected chi connectivity index (χ3v) is 3.24. The minimum atomic E-state index is -1.91. The van der Waals surface area contributed by atoms with E-state index in [2.05, 4.69) is 5.32 Å². The van der Waals surface area contributed by atoms with E-state index in [1.165, 1.54) is 0 Å². The number of hydrogen-bond acceptors (Lipinski definition) is 3. The van der Waals surface area contributed by atoms with Gasteiger partial charge in [-0.25, -0.2) is 4.79 Å². The summed E-state index contributed by atoms with van der Waals surface area (Å²) in [6.07, 6.45) is 1.81. The number of aliphatic hydroxyl groups is 1. The first kappa shape index (κ1) is 15.9. The van der Waals surface area contributed by atoms with Crippen molar-refractivity contribution in [2.45, 2.75) is 46.1 Å². The second kappa shape index (κ2) is 6.59. The van der Waals surface area contributed by atoms with Crippen LogP contribution in [0.1, 0.15) is 40.5 Å². The van der Waals surface area contributed by atoms with Crippen LogP contribution in [0.25, 0.3) is 0 Å². The van der Waals surface area contributed by atoms with Gasteiger partial charge in [0.1, 0.15) is 0 Å². The monoisotopic (exact) mass is 245 g/mol. The summed E-state index contributed by atoms with van der Waals surface area (Å²) in [5.74, 6) is -1.44. The van der Waals surface area contributed by atoms with E-state index in [4.69, 9.17) is 5.11 Å². The van der Waals surface area contributed by atoms with Gasteiger partial charge >= 0.3 is 5.97 Å². The van der Waals surface area contributed by atoms with Crippen molar-refractivity contribution in [3.05, 3.63) is 0 Å². The number of amides is 1. The van der Waals surface area contributed by atoms with Crippen molar-refractivity contribution < 1.29 is 19.8 Å². The first-order valence-corrected chi connectivity index (χ1v) is 5.99. The summed E-state index contributed by atoms with van der Waals surface area (Å²) in [5, 5.41) is 20.6. The molecule has 100 valence electrons. The van der Waals surface area contributed by atoms with Gasteiger partial charge in [-0.3, -0.25) is 4.79 Å². The fourth-order valence-corrected chi connectivity index (χ4v) is 1.71. The van der Waals surface area contributed by atoms with Crippen molar-refractivity contribution in [2.75, 3.05) is 6.54 Å². The molecular formula is C12H23NO4. The molecule has 0 rings (SSSR count). The molecule has 0 spiro atoms. The molecule has 0 aromatic heterocycles. The van der Waals surface area contributed by atoms with Gasteiger partial charge in [0, 0.05) is 5.92 Å². The quantitative estimate of drug-likeness (QED) is 0.624.